The molecular weight excluding hydrogens is 466 g/mol. The zero-order valence-electron chi connectivity index (χ0n) is 20.1. The fourth-order valence-corrected chi connectivity index (χ4v) is 5.28. The van der Waals surface area contributed by atoms with Gasteiger partial charge in [-0.3, -0.25) is 0 Å². The van der Waals surface area contributed by atoms with Crippen molar-refractivity contribution in [3.8, 4) is 11.1 Å². The number of hydrogen-bond acceptors (Lipinski definition) is 4. The summed E-state index contributed by atoms with van der Waals surface area (Å²) in [5, 5.41) is 5.87. The Kier molecular flexibility index (Phi) is 6.66. The van der Waals surface area contributed by atoms with E-state index in [0.29, 0.717) is 37.4 Å². The van der Waals surface area contributed by atoms with Crippen molar-refractivity contribution < 1.29 is 22.5 Å². The number of amides is 1. The van der Waals surface area contributed by atoms with Crippen LogP contribution in [0.1, 0.15) is 28.2 Å². The molecule has 0 saturated carbocycles. The molecule has 3 aromatic rings. The topological polar surface area (TPSA) is 53.6 Å². The van der Waals surface area contributed by atoms with Gasteiger partial charge in [0.2, 0.25) is 0 Å². The SMILES string of the molecule is Cc1c(N2CCNCC2)cc(CNC(=O)OCC2c3ccccc3-c3ccccc32)cc1[B-](F)(F)F. The molecule has 36 heavy (non-hydrogen) atoms. The molecule has 1 fully saturated rings. The third kappa shape index (κ3) is 4.80. The van der Waals surface area contributed by atoms with Crippen molar-refractivity contribution in [2.75, 3.05) is 37.7 Å². The van der Waals surface area contributed by atoms with Gasteiger partial charge in [0.15, 0.2) is 0 Å². The van der Waals surface area contributed by atoms with E-state index >= 15 is 0 Å². The summed E-state index contributed by atoms with van der Waals surface area (Å²) in [5.74, 6) is -0.0821. The maximum absolute atomic E-state index is 13.8. The van der Waals surface area contributed by atoms with Gasteiger partial charge in [-0.05, 0) is 40.8 Å². The number of benzene rings is 3. The third-order valence-electron chi connectivity index (χ3n) is 7.07. The fourth-order valence-electron chi connectivity index (χ4n) is 5.28. The van der Waals surface area contributed by atoms with Gasteiger partial charge in [0.25, 0.3) is 0 Å². The van der Waals surface area contributed by atoms with E-state index < -0.39 is 18.5 Å². The molecular formula is C27H28BF3N3O2-. The Hall–Kier alpha value is -3.46. The molecule has 188 valence electrons. The van der Waals surface area contributed by atoms with Gasteiger partial charge >= 0.3 is 13.1 Å². The van der Waals surface area contributed by atoms with Crippen LogP contribution in [-0.2, 0) is 11.3 Å². The Morgan fingerprint density at radius 2 is 1.64 bits per heavy atom. The van der Waals surface area contributed by atoms with Gasteiger partial charge < -0.3 is 33.2 Å². The smallest absolute Gasteiger partial charge is 0.449 e. The van der Waals surface area contributed by atoms with Crippen LogP contribution >= 0.6 is 0 Å². The number of carbonyl (C=O) groups excluding carboxylic acids is 1. The maximum atomic E-state index is 13.8. The number of fused-ring (bicyclic) bond motifs is 3. The summed E-state index contributed by atoms with van der Waals surface area (Å²) >= 11 is 0. The number of piperazine rings is 1. The minimum absolute atomic E-state index is 0.0464. The molecule has 0 spiro atoms. The minimum Gasteiger partial charge on any atom is -0.449 e. The molecule has 1 heterocycles. The molecule has 5 rings (SSSR count). The van der Waals surface area contributed by atoms with Gasteiger partial charge in [-0.2, -0.15) is 0 Å². The second kappa shape index (κ2) is 9.89. The molecule has 1 aliphatic heterocycles. The predicted octanol–water partition coefficient (Wildman–Crippen LogP) is 4.50. The van der Waals surface area contributed by atoms with Crippen molar-refractivity contribution >= 4 is 24.2 Å². The lowest BCUT2D eigenvalue weighted by Crippen LogP contribution is -2.45. The average molecular weight is 494 g/mol. The molecule has 5 nitrogen and oxygen atoms in total. The first-order chi connectivity index (χ1) is 17.3. The van der Waals surface area contributed by atoms with E-state index in [1.165, 1.54) is 6.92 Å². The normalized spacial score (nSPS) is 15.4. The third-order valence-corrected chi connectivity index (χ3v) is 7.07. The Morgan fingerprint density at radius 1 is 1.03 bits per heavy atom. The molecule has 0 atom stereocenters. The van der Waals surface area contributed by atoms with E-state index in [1.54, 1.807) is 6.07 Å². The number of alkyl carbamates (subject to hydrolysis) is 1. The van der Waals surface area contributed by atoms with Crippen LogP contribution in [0.4, 0.5) is 23.4 Å². The summed E-state index contributed by atoms with van der Waals surface area (Å²) in [6, 6.07) is 19.0. The highest BCUT2D eigenvalue weighted by molar-refractivity contribution is 6.74. The van der Waals surface area contributed by atoms with E-state index in [2.05, 4.69) is 22.8 Å². The molecule has 9 heteroatoms. The van der Waals surface area contributed by atoms with E-state index in [-0.39, 0.29) is 24.6 Å². The monoisotopic (exact) mass is 494 g/mol. The summed E-state index contributed by atoms with van der Waals surface area (Å²) < 4.78 is 47.0. The Labute approximate surface area is 208 Å². The lowest BCUT2D eigenvalue weighted by Gasteiger charge is -2.33. The first kappa shape index (κ1) is 24.2. The van der Waals surface area contributed by atoms with Gasteiger partial charge in [0, 0.05) is 44.3 Å². The first-order valence-corrected chi connectivity index (χ1v) is 12.2. The van der Waals surface area contributed by atoms with Crippen LogP contribution in [0.5, 0.6) is 0 Å². The number of ether oxygens (including phenoxy) is 1. The van der Waals surface area contributed by atoms with Crippen molar-refractivity contribution in [3.63, 3.8) is 0 Å². The van der Waals surface area contributed by atoms with E-state index in [4.69, 9.17) is 4.74 Å². The second-order valence-electron chi connectivity index (χ2n) is 9.32. The molecule has 0 radical (unpaired) electrons. The van der Waals surface area contributed by atoms with Crippen molar-refractivity contribution in [2.45, 2.75) is 19.4 Å². The number of carbonyl (C=O) groups is 1. The molecule has 1 amide bonds. The first-order valence-electron chi connectivity index (χ1n) is 12.2. The number of nitrogens with zero attached hydrogens (tertiary/aromatic N) is 1. The van der Waals surface area contributed by atoms with E-state index in [0.717, 1.165) is 28.3 Å². The Morgan fingerprint density at radius 3 is 2.25 bits per heavy atom. The summed E-state index contributed by atoms with van der Waals surface area (Å²) in [4.78, 5) is 14.5. The lowest BCUT2D eigenvalue weighted by molar-refractivity contribution is 0.142. The number of nitrogens with one attached hydrogen (secondary N) is 2. The van der Waals surface area contributed by atoms with Gasteiger partial charge in [-0.1, -0.05) is 60.2 Å². The second-order valence-corrected chi connectivity index (χ2v) is 9.32. The van der Waals surface area contributed by atoms with Gasteiger partial charge in [0.05, 0.1) is 0 Å². The number of hydrogen-bond donors (Lipinski definition) is 2. The van der Waals surface area contributed by atoms with Crippen LogP contribution in [0.15, 0.2) is 60.7 Å². The highest BCUT2D eigenvalue weighted by Gasteiger charge is 2.31. The highest BCUT2D eigenvalue weighted by atomic mass is 19.4. The molecule has 2 N–H and O–H groups in total. The van der Waals surface area contributed by atoms with Crippen molar-refractivity contribution in [3.05, 3.63) is 82.9 Å². The van der Waals surface area contributed by atoms with Crippen LogP contribution < -0.4 is 21.0 Å². The quantitative estimate of drug-likeness (QED) is 0.496. The zero-order valence-corrected chi connectivity index (χ0v) is 20.1. The number of rotatable bonds is 6. The summed E-state index contributed by atoms with van der Waals surface area (Å²) in [7, 11) is 0. The van der Waals surface area contributed by atoms with Crippen molar-refractivity contribution in [1.29, 1.82) is 0 Å². The molecule has 2 aliphatic rings. The van der Waals surface area contributed by atoms with Gasteiger partial charge in [-0.25, -0.2) is 4.79 Å². The molecule has 0 aromatic heterocycles. The largest absolute Gasteiger partial charge is 0.509 e. The molecule has 0 bridgehead atoms. The van der Waals surface area contributed by atoms with Crippen LogP contribution in [0, 0.1) is 6.92 Å². The van der Waals surface area contributed by atoms with Crippen molar-refractivity contribution in [1.82, 2.24) is 10.6 Å². The van der Waals surface area contributed by atoms with Crippen LogP contribution in [-0.4, -0.2) is 45.9 Å². The summed E-state index contributed by atoms with van der Waals surface area (Å²) in [6.07, 6.45) is -0.653. The predicted molar refractivity (Wildman–Crippen MR) is 137 cm³/mol. The van der Waals surface area contributed by atoms with Crippen molar-refractivity contribution in [2.24, 2.45) is 0 Å². The summed E-state index contributed by atoms with van der Waals surface area (Å²) in [6.45, 7) is -0.864. The standard InChI is InChI=1S/C27H28BF3N3O2/c1-18-25(28(29,30)31)14-19(15-26(18)34-12-10-32-11-13-34)16-33-27(35)36-17-24-22-8-4-2-6-20(22)21-7-3-5-9-23(21)24/h2-9,14-15,24,32H,10-13,16-17H2,1H3,(H,33,35)/q-1. The highest BCUT2D eigenvalue weighted by Crippen LogP contribution is 2.44. The lowest BCUT2D eigenvalue weighted by atomic mass is 9.75. The van der Waals surface area contributed by atoms with Crippen LogP contribution in [0.2, 0.25) is 0 Å². The minimum atomic E-state index is -5.18. The van der Waals surface area contributed by atoms with Gasteiger partial charge in [0.1, 0.15) is 6.61 Å². The molecule has 1 saturated heterocycles. The van der Waals surface area contributed by atoms with Crippen LogP contribution in [0.3, 0.4) is 0 Å². The molecule has 3 aromatic carbocycles. The zero-order chi connectivity index (χ0) is 25.3. The maximum Gasteiger partial charge on any atom is 0.509 e. The number of anilines is 1. The Balaban J connectivity index is 1.29. The van der Waals surface area contributed by atoms with Gasteiger partial charge in [-0.15, -0.1) is 5.46 Å². The fraction of sp³-hybridized carbons (Fsp3) is 0.296. The van der Waals surface area contributed by atoms with E-state index in [9.17, 15) is 17.7 Å². The average Bonchev–Trinajstić information content (AvgIpc) is 3.20. The molecule has 0 unspecified atom stereocenters. The molecule has 1 aliphatic carbocycles. The van der Waals surface area contributed by atoms with E-state index in [1.807, 2.05) is 41.3 Å². The number of halogens is 3. The Bertz CT molecular complexity index is 1230. The summed E-state index contributed by atoms with van der Waals surface area (Å²) in [5.41, 5.74) is 5.04. The van der Waals surface area contributed by atoms with Crippen LogP contribution in [0.25, 0.3) is 11.1 Å².